The summed E-state index contributed by atoms with van der Waals surface area (Å²) in [7, 11) is 1.90. The first kappa shape index (κ1) is 21.8. The van der Waals surface area contributed by atoms with Gasteiger partial charge in [0, 0.05) is 20.0 Å². The van der Waals surface area contributed by atoms with Crippen LogP contribution in [0.4, 0.5) is 0 Å². The zero-order valence-electron chi connectivity index (χ0n) is 19.0. The molecule has 2 aromatic heterocycles. The Hall–Kier alpha value is -3.41. The molecule has 0 atom stereocenters. The van der Waals surface area contributed by atoms with E-state index in [1.54, 1.807) is 13.0 Å². The molecule has 0 spiro atoms. The molecule has 4 rings (SSSR count). The number of nitrogens with zero attached hydrogens (tertiary/aromatic N) is 2. The summed E-state index contributed by atoms with van der Waals surface area (Å²) in [6.45, 7) is 5.30. The van der Waals surface area contributed by atoms with Crippen LogP contribution in [0.2, 0.25) is 0 Å². The highest BCUT2D eigenvalue weighted by Crippen LogP contribution is 2.31. The molecule has 0 saturated heterocycles. The largest absolute Gasteiger partial charge is 0.460 e. The number of ether oxygens (including phenoxy) is 1. The number of carbonyl (C=O) groups is 1. The summed E-state index contributed by atoms with van der Waals surface area (Å²) in [5.41, 5.74) is 3.34. The number of hydrogen-bond donors (Lipinski definition) is 0. The molecular weight excluding hydrogens is 404 g/mol. The minimum Gasteiger partial charge on any atom is -0.460 e. The fourth-order valence-electron chi connectivity index (χ4n) is 4.19. The van der Waals surface area contributed by atoms with Crippen molar-refractivity contribution in [3.05, 3.63) is 57.9 Å². The summed E-state index contributed by atoms with van der Waals surface area (Å²) < 4.78 is 13.4. The molecule has 32 heavy (non-hydrogen) atoms. The number of unbranched alkanes of at least 4 members (excludes halogenated alkanes) is 3. The molecule has 0 aliphatic carbocycles. The number of aryl methyl sites for hydroxylation is 3. The number of benzene rings is 2. The first-order valence-corrected chi connectivity index (χ1v) is 11.1. The van der Waals surface area contributed by atoms with Crippen molar-refractivity contribution >= 4 is 28.0 Å². The van der Waals surface area contributed by atoms with E-state index in [1.807, 2.05) is 41.9 Å². The van der Waals surface area contributed by atoms with Gasteiger partial charge >= 0.3 is 5.97 Å². The highest BCUT2D eigenvalue weighted by molar-refractivity contribution is 5.87. The predicted octanol–water partition coefficient (Wildman–Crippen LogP) is 5.70. The van der Waals surface area contributed by atoms with Gasteiger partial charge in [-0.1, -0.05) is 38.3 Å². The van der Waals surface area contributed by atoms with Crippen molar-refractivity contribution in [2.24, 2.45) is 7.05 Å². The summed E-state index contributed by atoms with van der Waals surface area (Å²) >= 11 is 0. The van der Waals surface area contributed by atoms with E-state index in [0.717, 1.165) is 48.7 Å². The smallest absolute Gasteiger partial charge is 0.308 e. The molecule has 0 saturated carbocycles. The van der Waals surface area contributed by atoms with Crippen molar-refractivity contribution in [3.8, 4) is 17.1 Å². The quantitative estimate of drug-likeness (QED) is 0.213. The lowest BCUT2D eigenvalue weighted by molar-refractivity contribution is -0.131. The summed E-state index contributed by atoms with van der Waals surface area (Å²) in [5, 5.41) is 0.471. The first-order chi connectivity index (χ1) is 15.4. The Morgan fingerprint density at radius 3 is 2.66 bits per heavy atom. The van der Waals surface area contributed by atoms with Crippen LogP contribution >= 0.6 is 0 Å². The lowest BCUT2D eigenvalue weighted by Crippen LogP contribution is -2.12. The molecule has 0 N–H and O–H groups in total. The SMILES string of the molecule is CCCCCCc1cc2c(=O)c(-c3nc4ccccc4n3C)c(C)oc2cc1OC(C)=O. The Labute approximate surface area is 186 Å². The minimum atomic E-state index is -0.394. The van der Waals surface area contributed by atoms with Crippen molar-refractivity contribution < 1.29 is 13.9 Å². The van der Waals surface area contributed by atoms with Crippen LogP contribution in [0.5, 0.6) is 5.75 Å². The van der Waals surface area contributed by atoms with E-state index in [0.29, 0.717) is 33.9 Å². The summed E-state index contributed by atoms with van der Waals surface area (Å²) in [6.07, 6.45) is 5.06. The van der Waals surface area contributed by atoms with Crippen LogP contribution in [0.3, 0.4) is 0 Å². The maximum atomic E-state index is 13.6. The number of para-hydroxylation sites is 2. The molecule has 4 aromatic rings. The molecule has 0 fully saturated rings. The van der Waals surface area contributed by atoms with E-state index < -0.39 is 5.97 Å². The van der Waals surface area contributed by atoms with Gasteiger partial charge in [-0.25, -0.2) is 4.98 Å². The van der Waals surface area contributed by atoms with Crippen LogP contribution in [0.25, 0.3) is 33.4 Å². The van der Waals surface area contributed by atoms with Crippen molar-refractivity contribution in [2.45, 2.75) is 52.9 Å². The standard InChI is InChI=1S/C26H28N2O4/c1-5-6-7-8-11-18-14-19-23(15-22(18)32-17(3)29)31-16(2)24(25(19)30)26-27-20-12-9-10-13-21(20)28(26)4/h9-10,12-15H,5-8,11H2,1-4H3. The molecule has 0 radical (unpaired) electrons. The highest BCUT2D eigenvalue weighted by Gasteiger charge is 2.21. The van der Waals surface area contributed by atoms with Gasteiger partial charge in [-0.05, 0) is 43.5 Å². The lowest BCUT2D eigenvalue weighted by atomic mass is 10.0. The Balaban J connectivity index is 1.88. The number of rotatable bonds is 7. The molecule has 2 aromatic carbocycles. The summed E-state index contributed by atoms with van der Waals surface area (Å²) in [4.78, 5) is 30.0. The second-order valence-electron chi connectivity index (χ2n) is 8.21. The summed E-state index contributed by atoms with van der Waals surface area (Å²) in [6, 6.07) is 11.3. The van der Waals surface area contributed by atoms with Crippen molar-refractivity contribution in [1.82, 2.24) is 9.55 Å². The second-order valence-corrected chi connectivity index (χ2v) is 8.21. The fourth-order valence-corrected chi connectivity index (χ4v) is 4.19. The third-order valence-corrected chi connectivity index (χ3v) is 5.81. The molecular formula is C26H28N2O4. The van der Waals surface area contributed by atoms with Gasteiger partial charge < -0.3 is 13.7 Å². The Kier molecular flexibility index (Phi) is 6.12. The number of imidazole rings is 1. The zero-order valence-corrected chi connectivity index (χ0v) is 19.0. The van der Waals surface area contributed by atoms with E-state index in [-0.39, 0.29) is 5.43 Å². The third-order valence-electron chi connectivity index (χ3n) is 5.81. The van der Waals surface area contributed by atoms with E-state index in [9.17, 15) is 9.59 Å². The molecule has 0 aliphatic rings. The normalized spacial score (nSPS) is 11.4. The average molecular weight is 433 g/mol. The van der Waals surface area contributed by atoms with Crippen LogP contribution in [0.1, 0.15) is 50.9 Å². The Morgan fingerprint density at radius 1 is 1.16 bits per heavy atom. The van der Waals surface area contributed by atoms with E-state index in [4.69, 9.17) is 14.1 Å². The van der Waals surface area contributed by atoms with Crippen molar-refractivity contribution in [2.75, 3.05) is 0 Å². The number of esters is 1. The molecule has 6 heteroatoms. The first-order valence-electron chi connectivity index (χ1n) is 11.1. The van der Waals surface area contributed by atoms with Crippen LogP contribution in [-0.4, -0.2) is 15.5 Å². The topological polar surface area (TPSA) is 74.3 Å². The highest BCUT2D eigenvalue weighted by atomic mass is 16.5. The number of fused-ring (bicyclic) bond motifs is 2. The van der Waals surface area contributed by atoms with Crippen LogP contribution in [0.15, 0.2) is 45.6 Å². The second kappa shape index (κ2) is 8.99. The minimum absolute atomic E-state index is 0.133. The molecule has 0 amide bonds. The molecule has 166 valence electrons. The van der Waals surface area contributed by atoms with Gasteiger partial charge in [0.1, 0.15) is 28.5 Å². The van der Waals surface area contributed by atoms with Gasteiger partial charge in [0.25, 0.3) is 0 Å². The molecule has 0 unspecified atom stereocenters. The molecule has 6 nitrogen and oxygen atoms in total. The average Bonchev–Trinajstić information content (AvgIpc) is 3.08. The van der Waals surface area contributed by atoms with Crippen LogP contribution in [0, 0.1) is 6.92 Å². The van der Waals surface area contributed by atoms with Crippen molar-refractivity contribution in [3.63, 3.8) is 0 Å². The lowest BCUT2D eigenvalue weighted by Gasteiger charge is -2.12. The molecule has 2 heterocycles. The van der Waals surface area contributed by atoms with Gasteiger partial charge in [0.05, 0.1) is 16.4 Å². The van der Waals surface area contributed by atoms with E-state index in [1.165, 1.54) is 6.92 Å². The predicted molar refractivity (Wildman–Crippen MR) is 126 cm³/mol. The van der Waals surface area contributed by atoms with Crippen LogP contribution in [-0.2, 0) is 18.3 Å². The maximum absolute atomic E-state index is 13.6. The number of carbonyl (C=O) groups excluding carboxylic acids is 1. The maximum Gasteiger partial charge on any atom is 0.308 e. The molecule has 0 bridgehead atoms. The number of hydrogen-bond acceptors (Lipinski definition) is 5. The van der Waals surface area contributed by atoms with Crippen molar-refractivity contribution in [1.29, 1.82) is 0 Å². The van der Waals surface area contributed by atoms with Gasteiger partial charge in [-0.3, -0.25) is 9.59 Å². The van der Waals surface area contributed by atoms with E-state index in [2.05, 4.69) is 6.92 Å². The van der Waals surface area contributed by atoms with Gasteiger partial charge in [0.2, 0.25) is 5.43 Å². The van der Waals surface area contributed by atoms with Crippen LogP contribution < -0.4 is 10.2 Å². The number of aromatic nitrogens is 2. The van der Waals surface area contributed by atoms with E-state index >= 15 is 0 Å². The molecule has 0 aliphatic heterocycles. The Morgan fingerprint density at radius 2 is 1.94 bits per heavy atom. The zero-order chi connectivity index (χ0) is 22.8. The fraction of sp³-hybridized carbons (Fsp3) is 0.346. The monoisotopic (exact) mass is 432 g/mol. The van der Waals surface area contributed by atoms with Gasteiger partial charge in [0.15, 0.2) is 0 Å². The van der Waals surface area contributed by atoms with Gasteiger partial charge in [-0.15, -0.1) is 0 Å². The summed E-state index contributed by atoms with van der Waals surface area (Å²) in [5.74, 6) is 1.12. The third kappa shape index (κ3) is 4.05. The van der Waals surface area contributed by atoms with Gasteiger partial charge in [-0.2, -0.15) is 0 Å². The Bertz CT molecular complexity index is 1360.